The number of carbonyl (C=O) groups is 3. The van der Waals surface area contributed by atoms with E-state index in [0.717, 1.165) is 32.1 Å². The van der Waals surface area contributed by atoms with E-state index in [4.69, 9.17) is 5.11 Å². The number of aliphatic carboxylic acids is 1. The van der Waals surface area contributed by atoms with E-state index in [9.17, 15) is 19.5 Å². The van der Waals surface area contributed by atoms with Crippen LogP contribution in [0.3, 0.4) is 0 Å². The van der Waals surface area contributed by atoms with Gasteiger partial charge in [0.25, 0.3) is 5.91 Å². The molecule has 9 heteroatoms. The number of nitrogens with one attached hydrogen (secondary N) is 1. The lowest BCUT2D eigenvalue weighted by atomic mass is 9.52. The van der Waals surface area contributed by atoms with Crippen molar-refractivity contribution >= 4 is 23.6 Å². The van der Waals surface area contributed by atoms with Gasteiger partial charge < -0.3 is 25.3 Å². The van der Waals surface area contributed by atoms with E-state index in [2.05, 4.69) is 15.2 Å². The lowest BCUT2D eigenvalue weighted by Gasteiger charge is -2.58. The molecular formula is C25H34N4O5. The second kappa shape index (κ2) is 8.83. The summed E-state index contributed by atoms with van der Waals surface area (Å²) in [6, 6.07) is 5.56. The van der Waals surface area contributed by atoms with Gasteiger partial charge in [0.15, 0.2) is 0 Å². The number of aliphatic hydroxyl groups is 1. The van der Waals surface area contributed by atoms with E-state index in [1.807, 2.05) is 19.1 Å². The van der Waals surface area contributed by atoms with Crippen LogP contribution in [-0.2, 0) is 9.59 Å². The molecule has 34 heavy (non-hydrogen) atoms. The van der Waals surface area contributed by atoms with E-state index in [1.165, 1.54) is 0 Å². The van der Waals surface area contributed by atoms with Crippen LogP contribution in [0.5, 0.6) is 0 Å². The van der Waals surface area contributed by atoms with Crippen molar-refractivity contribution in [3.05, 3.63) is 23.9 Å². The van der Waals surface area contributed by atoms with Crippen molar-refractivity contribution in [2.24, 2.45) is 17.8 Å². The van der Waals surface area contributed by atoms with Gasteiger partial charge in [-0.3, -0.25) is 14.4 Å². The van der Waals surface area contributed by atoms with Crippen molar-refractivity contribution < 1.29 is 24.6 Å². The topological polar surface area (TPSA) is 123 Å². The standard InChI is InChI=1S/C25H34N4O5/c1-15-14-28(21(30)5-6-22(31)32)7-8-29(15)20-4-2-3-19(26-20)24(33)27-23-17-9-16-10-18(23)13-25(34,11-16)12-17/h2-4,15-18,23,34H,5-14H2,1H3,(H,27,33)(H,31,32)/t15-,16?,17?,18?,23-,25-/m1/s1. The molecule has 3 atom stereocenters. The minimum Gasteiger partial charge on any atom is -0.481 e. The van der Waals surface area contributed by atoms with E-state index >= 15 is 0 Å². The Balaban J connectivity index is 1.21. The lowest BCUT2D eigenvalue weighted by molar-refractivity contribution is -0.141. The van der Waals surface area contributed by atoms with Crippen molar-refractivity contribution in [2.75, 3.05) is 24.5 Å². The number of hydrogen-bond acceptors (Lipinski definition) is 6. The first-order chi connectivity index (χ1) is 16.2. The SMILES string of the molecule is C[C@@H]1CN(C(=O)CCC(=O)O)CCN1c1cccc(C(=O)N[C@H]2C3CC4CC2C[C@](O)(C4)C3)n1. The maximum absolute atomic E-state index is 13.1. The number of anilines is 1. The van der Waals surface area contributed by atoms with Gasteiger partial charge in [0.2, 0.25) is 5.91 Å². The number of rotatable bonds is 6. The number of carboxylic acids is 1. The zero-order chi connectivity index (χ0) is 24.0. The first-order valence-corrected chi connectivity index (χ1v) is 12.5. The quantitative estimate of drug-likeness (QED) is 0.578. The second-order valence-corrected chi connectivity index (χ2v) is 10.9. The van der Waals surface area contributed by atoms with E-state index in [-0.39, 0.29) is 36.7 Å². The van der Waals surface area contributed by atoms with Crippen LogP contribution in [0, 0.1) is 17.8 Å². The third-order valence-corrected chi connectivity index (χ3v) is 8.33. The summed E-state index contributed by atoms with van der Waals surface area (Å²) in [5.74, 6) is 0.705. The molecule has 0 radical (unpaired) electrons. The summed E-state index contributed by atoms with van der Waals surface area (Å²) in [6.45, 7) is 3.57. The van der Waals surface area contributed by atoms with Gasteiger partial charge in [0.1, 0.15) is 11.5 Å². The molecule has 2 amide bonds. The number of pyridine rings is 1. The van der Waals surface area contributed by atoms with E-state index < -0.39 is 11.6 Å². The molecule has 2 heterocycles. The summed E-state index contributed by atoms with van der Waals surface area (Å²) in [5.41, 5.74) is -0.138. The zero-order valence-electron chi connectivity index (χ0n) is 19.7. The molecule has 4 aliphatic carbocycles. The predicted octanol–water partition coefficient (Wildman–Crippen LogP) is 1.65. The van der Waals surface area contributed by atoms with Crippen molar-refractivity contribution in [3.8, 4) is 0 Å². The summed E-state index contributed by atoms with van der Waals surface area (Å²) >= 11 is 0. The van der Waals surface area contributed by atoms with Gasteiger partial charge in [-0.2, -0.15) is 0 Å². The molecule has 6 rings (SSSR count). The zero-order valence-corrected chi connectivity index (χ0v) is 19.7. The first kappa shape index (κ1) is 23.1. The maximum atomic E-state index is 13.1. The summed E-state index contributed by atoms with van der Waals surface area (Å²) in [6.07, 6.45) is 4.51. The minimum atomic E-state index is -0.969. The van der Waals surface area contributed by atoms with Crippen LogP contribution in [-0.4, -0.2) is 75.2 Å². The van der Waals surface area contributed by atoms with Gasteiger partial charge in [-0.15, -0.1) is 0 Å². The average molecular weight is 471 g/mol. The Labute approximate surface area is 199 Å². The van der Waals surface area contributed by atoms with Crippen LogP contribution >= 0.6 is 0 Å². The third kappa shape index (κ3) is 4.50. The fourth-order valence-corrected chi connectivity index (χ4v) is 7.05. The van der Waals surface area contributed by atoms with Crippen molar-refractivity contribution in [1.82, 2.24) is 15.2 Å². The van der Waals surface area contributed by atoms with Gasteiger partial charge in [0, 0.05) is 38.1 Å². The molecule has 1 aromatic rings. The highest BCUT2D eigenvalue weighted by molar-refractivity contribution is 5.93. The molecule has 1 saturated heterocycles. The fraction of sp³-hybridized carbons (Fsp3) is 0.680. The second-order valence-electron chi connectivity index (χ2n) is 10.9. The summed E-state index contributed by atoms with van der Waals surface area (Å²) in [5, 5.41) is 22.9. The number of carbonyl (C=O) groups excluding carboxylic acids is 2. The fourth-order valence-electron chi connectivity index (χ4n) is 7.05. The van der Waals surface area contributed by atoms with Crippen LogP contribution in [0.15, 0.2) is 18.2 Å². The number of piperazine rings is 1. The molecule has 5 aliphatic rings. The van der Waals surface area contributed by atoms with Crippen LogP contribution in [0.1, 0.15) is 62.4 Å². The van der Waals surface area contributed by atoms with E-state index in [0.29, 0.717) is 48.9 Å². The Morgan fingerprint density at radius 1 is 1.12 bits per heavy atom. The Morgan fingerprint density at radius 3 is 2.50 bits per heavy atom. The number of aromatic nitrogens is 1. The van der Waals surface area contributed by atoms with Gasteiger partial charge in [-0.25, -0.2) is 4.98 Å². The molecule has 4 bridgehead atoms. The van der Waals surface area contributed by atoms with Crippen LogP contribution in [0.4, 0.5) is 5.82 Å². The Morgan fingerprint density at radius 2 is 1.85 bits per heavy atom. The van der Waals surface area contributed by atoms with Crippen molar-refractivity contribution in [1.29, 1.82) is 0 Å². The smallest absolute Gasteiger partial charge is 0.303 e. The Bertz CT molecular complexity index is 968. The molecule has 2 unspecified atom stereocenters. The Kier molecular flexibility index (Phi) is 6.00. The third-order valence-electron chi connectivity index (χ3n) is 8.33. The highest BCUT2D eigenvalue weighted by Crippen LogP contribution is 2.55. The highest BCUT2D eigenvalue weighted by Gasteiger charge is 2.55. The molecule has 5 fully saturated rings. The van der Waals surface area contributed by atoms with Gasteiger partial charge >= 0.3 is 5.97 Å². The van der Waals surface area contributed by atoms with E-state index in [1.54, 1.807) is 11.0 Å². The van der Waals surface area contributed by atoms with Crippen molar-refractivity contribution in [3.63, 3.8) is 0 Å². The van der Waals surface area contributed by atoms with Crippen LogP contribution in [0.2, 0.25) is 0 Å². The lowest BCUT2D eigenvalue weighted by Crippen LogP contribution is -2.61. The Hall–Kier alpha value is -2.68. The average Bonchev–Trinajstić information content (AvgIpc) is 2.78. The monoisotopic (exact) mass is 470 g/mol. The van der Waals surface area contributed by atoms with Crippen LogP contribution in [0.25, 0.3) is 0 Å². The maximum Gasteiger partial charge on any atom is 0.303 e. The van der Waals surface area contributed by atoms with Gasteiger partial charge in [0.05, 0.1) is 12.0 Å². The summed E-state index contributed by atoms with van der Waals surface area (Å²) in [7, 11) is 0. The largest absolute Gasteiger partial charge is 0.481 e. The molecule has 1 aliphatic heterocycles. The summed E-state index contributed by atoms with van der Waals surface area (Å²) in [4.78, 5) is 44.7. The molecule has 3 N–H and O–H groups in total. The number of carboxylic acid groups (broad SMARTS) is 1. The normalized spacial score (nSPS) is 34.2. The molecule has 1 aromatic heterocycles. The molecule has 0 spiro atoms. The number of hydrogen-bond donors (Lipinski definition) is 3. The molecule has 0 aromatic carbocycles. The van der Waals surface area contributed by atoms with Crippen LogP contribution < -0.4 is 10.2 Å². The highest BCUT2D eigenvalue weighted by atomic mass is 16.4. The predicted molar refractivity (Wildman–Crippen MR) is 124 cm³/mol. The molecular weight excluding hydrogens is 436 g/mol. The number of amides is 2. The summed E-state index contributed by atoms with van der Waals surface area (Å²) < 4.78 is 0. The van der Waals surface area contributed by atoms with Gasteiger partial charge in [-0.1, -0.05) is 6.07 Å². The molecule has 9 nitrogen and oxygen atoms in total. The van der Waals surface area contributed by atoms with Crippen molar-refractivity contribution in [2.45, 2.75) is 69.6 Å². The minimum absolute atomic E-state index is 0.00138. The molecule has 184 valence electrons. The number of nitrogens with zero attached hydrogens (tertiary/aromatic N) is 3. The molecule has 4 saturated carbocycles. The van der Waals surface area contributed by atoms with Gasteiger partial charge in [-0.05, 0) is 68.9 Å². The first-order valence-electron chi connectivity index (χ1n) is 12.5.